The molecule has 5 nitrogen and oxygen atoms in total. The van der Waals surface area contributed by atoms with Crippen LogP contribution in [0.25, 0.3) is 10.9 Å². The lowest BCUT2D eigenvalue weighted by atomic mass is 10.2. The molecular formula is C17H16N2O3S. The second-order valence-electron chi connectivity index (χ2n) is 4.68. The van der Waals surface area contributed by atoms with E-state index in [1.54, 1.807) is 39.4 Å². The van der Waals surface area contributed by atoms with Crippen LogP contribution in [0.4, 0.5) is 0 Å². The molecule has 118 valence electrons. The number of ether oxygens (including phenoxy) is 3. The Morgan fingerprint density at radius 3 is 2.39 bits per heavy atom. The molecule has 0 unspecified atom stereocenters. The van der Waals surface area contributed by atoms with E-state index in [9.17, 15) is 0 Å². The van der Waals surface area contributed by atoms with Crippen LogP contribution >= 0.6 is 11.8 Å². The fraction of sp³-hybridized carbons (Fsp3) is 0.176. The van der Waals surface area contributed by atoms with Gasteiger partial charge in [0.05, 0.1) is 26.8 Å². The first-order valence-electron chi connectivity index (χ1n) is 6.94. The molecule has 0 aliphatic rings. The lowest BCUT2D eigenvalue weighted by molar-refractivity contribution is 0.355. The molecule has 6 heteroatoms. The summed E-state index contributed by atoms with van der Waals surface area (Å²) in [6.45, 7) is 0. The van der Waals surface area contributed by atoms with Gasteiger partial charge in [-0.25, -0.2) is 9.97 Å². The van der Waals surface area contributed by atoms with Crippen molar-refractivity contribution >= 4 is 22.7 Å². The maximum atomic E-state index is 5.38. The van der Waals surface area contributed by atoms with Gasteiger partial charge in [0.15, 0.2) is 11.5 Å². The van der Waals surface area contributed by atoms with Crippen LogP contribution < -0.4 is 14.2 Å². The Hall–Kier alpha value is -2.47. The molecule has 2 aromatic carbocycles. The average Bonchev–Trinajstić information content (AvgIpc) is 2.61. The van der Waals surface area contributed by atoms with Gasteiger partial charge >= 0.3 is 0 Å². The first-order chi connectivity index (χ1) is 11.2. The van der Waals surface area contributed by atoms with Crippen LogP contribution in [0.1, 0.15) is 0 Å². The smallest absolute Gasteiger partial charge is 0.162 e. The first kappa shape index (κ1) is 15.4. The molecule has 0 spiro atoms. The van der Waals surface area contributed by atoms with Crippen LogP contribution in [0.2, 0.25) is 0 Å². The van der Waals surface area contributed by atoms with Gasteiger partial charge in [-0.3, -0.25) is 0 Å². The topological polar surface area (TPSA) is 53.5 Å². The van der Waals surface area contributed by atoms with E-state index in [1.807, 2.05) is 36.4 Å². The van der Waals surface area contributed by atoms with Crippen molar-refractivity contribution < 1.29 is 14.2 Å². The van der Waals surface area contributed by atoms with E-state index >= 15 is 0 Å². The van der Waals surface area contributed by atoms with Crippen LogP contribution in [0.3, 0.4) is 0 Å². The molecule has 0 fully saturated rings. The summed E-state index contributed by atoms with van der Waals surface area (Å²) in [5, 5.41) is 1.77. The fourth-order valence-electron chi connectivity index (χ4n) is 2.22. The lowest BCUT2D eigenvalue weighted by Gasteiger charge is -2.11. The van der Waals surface area contributed by atoms with Gasteiger partial charge < -0.3 is 14.2 Å². The highest BCUT2D eigenvalue weighted by Crippen LogP contribution is 2.37. The highest BCUT2D eigenvalue weighted by molar-refractivity contribution is 7.99. The van der Waals surface area contributed by atoms with Gasteiger partial charge in [0.2, 0.25) is 0 Å². The summed E-state index contributed by atoms with van der Waals surface area (Å²) in [6.07, 6.45) is 1.55. The van der Waals surface area contributed by atoms with E-state index < -0.39 is 0 Å². The summed E-state index contributed by atoms with van der Waals surface area (Å²) in [5.41, 5.74) is 0.808. The van der Waals surface area contributed by atoms with Gasteiger partial charge in [0.25, 0.3) is 0 Å². The van der Waals surface area contributed by atoms with Gasteiger partial charge in [-0.2, -0.15) is 0 Å². The highest BCUT2D eigenvalue weighted by atomic mass is 32.2. The second kappa shape index (κ2) is 6.75. The fourth-order valence-corrected chi connectivity index (χ4v) is 3.14. The Kier molecular flexibility index (Phi) is 4.52. The first-order valence-corrected chi connectivity index (χ1v) is 7.75. The monoisotopic (exact) mass is 328 g/mol. The molecule has 0 saturated heterocycles. The van der Waals surface area contributed by atoms with E-state index in [0.29, 0.717) is 11.5 Å². The number of hydrogen-bond donors (Lipinski definition) is 0. The van der Waals surface area contributed by atoms with Gasteiger partial charge in [-0.05, 0) is 24.3 Å². The third-order valence-electron chi connectivity index (χ3n) is 3.36. The number of hydrogen-bond acceptors (Lipinski definition) is 6. The Labute approximate surface area is 138 Å². The molecule has 0 radical (unpaired) electrons. The molecule has 1 heterocycles. The minimum atomic E-state index is 0.649. The SMILES string of the molecule is COc1cccc(Sc2ncnc3cc(OC)c(OC)cc23)c1. The van der Waals surface area contributed by atoms with Crippen LogP contribution in [0, 0.1) is 0 Å². The summed E-state index contributed by atoms with van der Waals surface area (Å²) in [4.78, 5) is 9.76. The van der Waals surface area contributed by atoms with Crippen molar-refractivity contribution in [3.63, 3.8) is 0 Å². The second-order valence-corrected chi connectivity index (χ2v) is 5.75. The maximum Gasteiger partial charge on any atom is 0.162 e. The zero-order chi connectivity index (χ0) is 16.2. The molecule has 0 amide bonds. The molecule has 3 aromatic rings. The molecule has 1 aromatic heterocycles. The van der Waals surface area contributed by atoms with Crippen LogP contribution in [-0.4, -0.2) is 31.3 Å². The summed E-state index contributed by atoms with van der Waals surface area (Å²) in [7, 11) is 4.88. The third-order valence-corrected chi connectivity index (χ3v) is 4.37. The largest absolute Gasteiger partial charge is 0.497 e. The van der Waals surface area contributed by atoms with Crippen molar-refractivity contribution in [3.05, 3.63) is 42.7 Å². The average molecular weight is 328 g/mol. The summed E-state index contributed by atoms with van der Waals surface area (Å²) >= 11 is 1.55. The van der Waals surface area contributed by atoms with Crippen molar-refractivity contribution in [2.45, 2.75) is 9.92 Å². The number of aromatic nitrogens is 2. The molecule has 0 aliphatic heterocycles. The zero-order valence-electron chi connectivity index (χ0n) is 13.1. The zero-order valence-corrected chi connectivity index (χ0v) is 13.9. The predicted octanol–water partition coefficient (Wildman–Crippen LogP) is 3.81. The molecule has 0 bridgehead atoms. The number of fused-ring (bicyclic) bond motifs is 1. The van der Waals surface area contributed by atoms with Crippen LogP contribution in [-0.2, 0) is 0 Å². The lowest BCUT2D eigenvalue weighted by Crippen LogP contribution is -1.93. The molecule has 23 heavy (non-hydrogen) atoms. The van der Waals surface area contributed by atoms with Gasteiger partial charge in [0.1, 0.15) is 17.1 Å². The Morgan fingerprint density at radius 2 is 1.65 bits per heavy atom. The van der Waals surface area contributed by atoms with Gasteiger partial charge in [-0.15, -0.1) is 0 Å². The van der Waals surface area contributed by atoms with Crippen molar-refractivity contribution in [3.8, 4) is 17.2 Å². The van der Waals surface area contributed by atoms with Gasteiger partial charge in [0, 0.05) is 16.3 Å². The Morgan fingerprint density at radius 1 is 0.870 bits per heavy atom. The van der Waals surface area contributed by atoms with Crippen molar-refractivity contribution in [1.29, 1.82) is 0 Å². The van der Waals surface area contributed by atoms with E-state index in [4.69, 9.17) is 14.2 Å². The van der Waals surface area contributed by atoms with E-state index in [0.717, 1.165) is 26.6 Å². The summed E-state index contributed by atoms with van der Waals surface area (Å²) in [5.74, 6) is 2.12. The van der Waals surface area contributed by atoms with E-state index in [1.165, 1.54) is 0 Å². The number of nitrogens with zero attached hydrogens (tertiary/aromatic N) is 2. The summed E-state index contributed by atoms with van der Waals surface area (Å²) < 4.78 is 16.0. The number of rotatable bonds is 5. The van der Waals surface area contributed by atoms with Crippen LogP contribution in [0.15, 0.2) is 52.6 Å². The van der Waals surface area contributed by atoms with E-state index in [-0.39, 0.29) is 0 Å². The van der Waals surface area contributed by atoms with Crippen molar-refractivity contribution in [2.24, 2.45) is 0 Å². The Balaban J connectivity index is 2.06. The normalized spacial score (nSPS) is 10.6. The van der Waals surface area contributed by atoms with Crippen molar-refractivity contribution in [1.82, 2.24) is 9.97 Å². The van der Waals surface area contributed by atoms with Gasteiger partial charge in [-0.1, -0.05) is 17.8 Å². The minimum Gasteiger partial charge on any atom is -0.497 e. The predicted molar refractivity (Wildman–Crippen MR) is 89.8 cm³/mol. The Bertz CT molecular complexity index is 839. The molecule has 3 rings (SSSR count). The maximum absolute atomic E-state index is 5.38. The molecule has 0 N–H and O–H groups in total. The summed E-state index contributed by atoms with van der Waals surface area (Å²) in [6, 6.07) is 11.6. The quantitative estimate of drug-likeness (QED) is 0.664. The third kappa shape index (κ3) is 3.17. The molecule has 0 atom stereocenters. The standard InChI is InChI=1S/C17H16N2O3S/c1-20-11-5-4-6-12(7-11)23-17-13-8-15(21-2)16(22-3)9-14(13)18-10-19-17/h4-10H,1-3H3. The van der Waals surface area contributed by atoms with Crippen LogP contribution in [0.5, 0.6) is 17.2 Å². The molecule has 0 aliphatic carbocycles. The van der Waals surface area contributed by atoms with Crippen molar-refractivity contribution in [2.75, 3.05) is 21.3 Å². The molecule has 0 saturated carbocycles. The molecular weight excluding hydrogens is 312 g/mol. The number of methoxy groups -OCH3 is 3. The van der Waals surface area contributed by atoms with E-state index in [2.05, 4.69) is 9.97 Å². The minimum absolute atomic E-state index is 0.649. The number of benzene rings is 2. The highest BCUT2D eigenvalue weighted by Gasteiger charge is 2.12.